The third kappa shape index (κ3) is 6.04. The van der Waals surface area contributed by atoms with Gasteiger partial charge in [0.2, 0.25) is 5.95 Å². The van der Waals surface area contributed by atoms with Crippen molar-refractivity contribution in [1.29, 1.82) is 0 Å². The maximum Gasteiger partial charge on any atom is 0.260 e. The number of carbonyl (C=O) groups is 1. The van der Waals surface area contributed by atoms with E-state index >= 15 is 0 Å². The lowest BCUT2D eigenvalue weighted by Gasteiger charge is -2.26. The zero-order valence-electron chi connectivity index (χ0n) is 22.7. The smallest absolute Gasteiger partial charge is 0.260 e. The molecule has 37 heavy (non-hydrogen) atoms. The molecule has 0 radical (unpaired) electrons. The van der Waals surface area contributed by atoms with Crippen molar-refractivity contribution >= 4 is 23.4 Å². The molecule has 0 bridgehead atoms. The number of fused-ring (bicyclic) bond motifs is 1. The van der Waals surface area contributed by atoms with Gasteiger partial charge in [-0.3, -0.25) is 4.79 Å². The standard InChI is InChI=1S/C26H31N5O4.C2H6/c1-6-31(16(2)3)26-28-21-15-30(14-17-7-10-19(32)13-22(17)35-5)25(33)23(21)24(29-26)27-18-8-11-20(34-4)12-9-18;1-2/h7-13,16,32H,6,14-15H2,1-5H3,(H,27,28,29);1-2H3. The summed E-state index contributed by atoms with van der Waals surface area (Å²) in [5.41, 5.74) is 2.72. The van der Waals surface area contributed by atoms with E-state index in [0.29, 0.717) is 41.9 Å². The van der Waals surface area contributed by atoms with Gasteiger partial charge in [-0.05, 0) is 57.2 Å². The quantitative estimate of drug-likeness (QED) is 0.399. The topological polar surface area (TPSA) is 100 Å². The molecular formula is C28H37N5O4. The highest BCUT2D eigenvalue weighted by Crippen LogP contribution is 2.34. The van der Waals surface area contributed by atoms with Crippen molar-refractivity contribution in [3.8, 4) is 17.2 Å². The minimum atomic E-state index is -0.162. The molecule has 3 aromatic rings. The van der Waals surface area contributed by atoms with Crippen molar-refractivity contribution < 1.29 is 19.4 Å². The predicted octanol–water partition coefficient (Wildman–Crippen LogP) is 5.36. The molecule has 1 aromatic heterocycles. The Hall–Kier alpha value is -4.01. The molecule has 198 valence electrons. The largest absolute Gasteiger partial charge is 0.508 e. The maximum absolute atomic E-state index is 13.5. The van der Waals surface area contributed by atoms with Crippen LogP contribution in [-0.2, 0) is 13.1 Å². The molecule has 0 saturated carbocycles. The zero-order chi connectivity index (χ0) is 27.1. The van der Waals surface area contributed by atoms with Gasteiger partial charge in [-0.1, -0.05) is 13.8 Å². The van der Waals surface area contributed by atoms with E-state index in [1.807, 2.05) is 38.1 Å². The summed E-state index contributed by atoms with van der Waals surface area (Å²) < 4.78 is 10.7. The predicted molar refractivity (Wildman–Crippen MR) is 146 cm³/mol. The Balaban J connectivity index is 0.00000186. The van der Waals surface area contributed by atoms with Gasteiger partial charge in [0.15, 0.2) is 0 Å². The lowest BCUT2D eigenvalue weighted by molar-refractivity contribution is 0.0766. The van der Waals surface area contributed by atoms with E-state index in [1.54, 1.807) is 37.3 Å². The van der Waals surface area contributed by atoms with Gasteiger partial charge in [0.25, 0.3) is 5.91 Å². The Morgan fingerprint density at radius 2 is 1.78 bits per heavy atom. The summed E-state index contributed by atoms with van der Waals surface area (Å²) in [5, 5.41) is 13.1. The average molecular weight is 508 g/mol. The molecule has 0 atom stereocenters. The molecule has 4 rings (SSSR count). The molecule has 2 heterocycles. The molecule has 9 heteroatoms. The molecule has 2 N–H and O–H groups in total. The number of amides is 1. The van der Waals surface area contributed by atoms with Gasteiger partial charge in [0, 0.05) is 29.9 Å². The van der Waals surface area contributed by atoms with Gasteiger partial charge in [-0.15, -0.1) is 0 Å². The highest BCUT2D eigenvalue weighted by atomic mass is 16.5. The van der Waals surface area contributed by atoms with E-state index in [4.69, 9.17) is 19.4 Å². The first kappa shape index (κ1) is 27.6. The van der Waals surface area contributed by atoms with Crippen LogP contribution >= 0.6 is 0 Å². The molecule has 1 aliphatic heterocycles. The number of benzene rings is 2. The van der Waals surface area contributed by atoms with Crippen LogP contribution in [0.5, 0.6) is 17.2 Å². The van der Waals surface area contributed by atoms with E-state index in [1.165, 1.54) is 0 Å². The van der Waals surface area contributed by atoms with Crippen LogP contribution in [0, 0.1) is 0 Å². The molecule has 0 fully saturated rings. The number of nitrogens with one attached hydrogen (secondary N) is 1. The fraction of sp³-hybridized carbons (Fsp3) is 0.393. The van der Waals surface area contributed by atoms with Crippen LogP contribution in [-0.4, -0.2) is 52.7 Å². The number of methoxy groups -OCH3 is 2. The van der Waals surface area contributed by atoms with Crippen molar-refractivity contribution in [3.05, 3.63) is 59.3 Å². The minimum absolute atomic E-state index is 0.108. The molecule has 9 nitrogen and oxygen atoms in total. The Labute approximate surface area is 219 Å². The minimum Gasteiger partial charge on any atom is -0.508 e. The van der Waals surface area contributed by atoms with Crippen LogP contribution in [0.4, 0.5) is 17.5 Å². The summed E-state index contributed by atoms with van der Waals surface area (Å²) in [7, 11) is 3.16. The highest BCUT2D eigenvalue weighted by Gasteiger charge is 2.34. The first-order valence-electron chi connectivity index (χ1n) is 12.6. The normalized spacial score (nSPS) is 12.1. The Morgan fingerprint density at radius 3 is 2.38 bits per heavy atom. The first-order chi connectivity index (χ1) is 17.8. The van der Waals surface area contributed by atoms with E-state index in [-0.39, 0.29) is 17.7 Å². The van der Waals surface area contributed by atoms with Gasteiger partial charge in [-0.25, -0.2) is 4.98 Å². The van der Waals surface area contributed by atoms with Crippen LogP contribution in [0.3, 0.4) is 0 Å². The van der Waals surface area contributed by atoms with Crippen molar-refractivity contribution in [3.63, 3.8) is 0 Å². The summed E-state index contributed by atoms with van der Waals surface area (Å²) in [4.78, 5) is 26.9. The number of aromatic nitrogens is 2. The number of ether oxygens (including phenoxy) is 2. The van der Waals surface area contributed by atoms with Crippen LogP contribution in [0.15, 0.2) is 42.5 Å². The lowest BCUT2D eigenvalue weighted by Crippen LogP contribution is -2.32. The number of anilines is 3. The summed E-state index contributed by atoms with van der Waals surface area (Å²) in [6.07, 6.45) is 0. The molecule has 0 saturated heterocycles. The first-order valence-corrected chi connectivity index (χ1v) is 12.6. The van der Waals surface area contributed by atoms with Gasteiger partial charge >= 0.3 is 0 Å². The lowest BCUT2D eigenvalue weighted by atomic mass is 10.1. The fourth-order valence-electron chi connectivity index (χ4n) is 4.21. The second-order valence-corrected chi connectivity index (χ2v) is 8.58. The summed E-state index contributed by atoms with van der Waals surface area (Å²) in [6, 6.07) is 12.5. The number of phenols is 1. The number of carbonyl (C=O) groups excluding carboxylic acids is 1. The van der Waals surface area contributed by atoms with Gasteiger partial charge in [-0.2, -0.15) is 4.98 Å². The van der Waals surface area contributed by atoms with Crippen molar-refractivity contribution in [2.24, 2.45) is 0 Å². The third-order valence-electron chi connectivity index (χ3n) is 6.02. The molecule has 1 amide bonds. The van der Waals surface area contributed by atoms with Crippen molar-refractivity contribution in [1.82, 2.24) is 14.9 Å². The number of aromatic hydroxyl groups is 1. The van der Waals surface area contributed by atoms with Gasteiger partial charge in [0.1, 0.15) is 28.6 Å². The molecular weight excluding hydrogens is 470 g/mol. The maximum atomic E-state index is 13.5. The summed E-state index contributed by atoms with van der Waals surface area (Å²) in [5.74, 6) is 2.26. The summed E-state index contributed by atoms with van der Waals surface area (Å²) >= 11 is 0. The molecule has 0 aliphatic carbocycles. The van der Waals surface area contributed by atoms with Crippen LogP contribution in [0.25, 0.3) is 0 Å². The van der Waals surface area contributed by atoms with Crippen molar-refractivity contribution in [2.75, 3.05) is 31.0 Å². The number of hydrogen-bond acceptors (Lipinski definition) is 8. The van der Waals surface area contributed by atoms with Crippen molar-refractivity contribution in [2.45, 2.75) is 53.8 Å². The SMILES string of the molecule is CC.CCN(c1nc2c(c(Nc3ccc(OC)cc3)n1)C(=O)N(Cc1ccc(O)cc1OC)C2)C(C)C. The van der Waals surface area contributed by atoms with E-state index in [9.17, 15) is 9.90 Å². The number of phenolic OH excluding ortho intramolecular Hbond substituents is 1. The Morgan fingerprint density at radius 1 is 1.08 bits per heavy atom. The molecule has 2 aromatic carbocycles. The average Bonchev–Trinajstić information content (AvgIpc) is 3.22. The van der Waals surface area contributed by atoms with Crippen LogP contribution in [0.1, 0.15) is 56.2 Å². The molecule has 1 aliphatic rings. The Kier molecular flexibility index (Phi) is 9.16. The number of rotatable bonds is 9. The van der Waals surface area contributed by atoms with E-state index < -0.39 is 0 Å². The zero-order valence-corrected chi connectivity index (χ0v) is 22.7. The Bertz CT molecular complexity index is 1210. The highest BCUT2D eigenvalue weighted by molar-refractivity contribution is 6.03. The molecule has 0 spiro atoms. The van der Waals surface area contributed by atoms with Crippen LogP contribution in [0.2, 0.25) is 0 Å². The third-order valence-corrected chi connectivity index (χ3v) is 6.02. The monoisotopic (exact) mass is 507 g/mol. The second kappa shape index (κ2) is 12.3. The van der Waals surface area contributed by atoms with E-state index in [0.717, 1.165) is 23.5 Å². The fourth-order valence-corrected chi connectivity index (χ4v) is 4.21. The second-order valence-electron chi connectivity index (χ2n) is 8.58. The van der Waals surface area contributed by atoms with Crippen LogP contribution < -0.4 is 19.7 Å². The van der Waals surface area contributed by atoms with E-state index in [2.05, 4.69) is 31.0 Å². The number of hydrogen-bond donors (Lipinski definition) is 2. The summed E-state index contributed by atoms with van der Waals surface area (Å²) in [6.45, 7) is 11.6. The molecule has 0 unspecified atom stereocenters. The van der Waals surface area contributed by atoms with Gasteiger partial charge in [0.05, 0.1) is 33.0 Å². The number of nitrogens with zero attached hydrogens (tertiary/aromatic N) is 4. The van der Waals surface area contributed by atoms with Gasteiger partial charge < -0.3 is 29.7 Å².